The fraction of sp³-hybridized carbons (Fsp3) is 0. The van der Waals surface area contributed by atoms with Gasteiger partial charge in [0.25, 0.3) is 0 Å². The molecule has 2 aromatic carbocycles. The van der Waals surface area contributed by atoms with Crippen LogP contribution in [0.1, 0.15) is 0 Å². The molecule has 4 rings (SSSR count). The zero-order valence-electron chi connectivity index (χ0n) is 11.9. The monoisotopic (exact) mass is 322 g/mol. The maximum absolute atomic E-state index is 12.1. The molecule has 0 bridgehead atoms. The molecular formula is C18H11ClN2O2. The number of hydrogen-bond donors (Lipinski definition) is 1. The zero-order chi connectivity index (χ0) is 15.8. The van der Waals surface area contributed by atoms with Crippen LogP contribution < -0.4 is 10.9 Å². The first-order valence-corrected chi connectivity index (χ1v) is 7.43. The van der Waals surface area contributed by atoms with E-state index in [1.807, 2.05) is 36.4 Å². The Bertz CT molecular complexity index is 1090. The number of anilines is 2. The largest absolute Gasteiger partial charge is 0.421 e. The van der Waals surface area contributed by atoms with Gasteiger partial charge in [-0.25, -0.2) is 4.79 Å². The van der Waals surface area contributed by atoms with Crippen molar-refractivity contribution in [1.82, 2.24) is 4.98 Å². The predicted octanol–water partition coefficient (Wildman–Crippen LogP) is 4.74. The summed E-state index contributed by atoms with van der Waals surface area (Å²) in [6.45, 7) is 0. The fourth-order valence-corrected chi connectivity index (χ4v) is 2.71. The molecule has 0 saturated carbocycles. The third-order valence-corrected chi connectivity index (χ3v) is 3.94. The lowest BCUT2D eigenvalue weighted by Crippen LogP contribution is -2.06. The Hall–Kier alpha value is -2.85. The van der Waals surface area contributed by atoms with Crippen molar-refractivity contribution in [2.75, 3.05) is 5.32 Å². The van der Waals surface area contributed by atoms with Crippen LogP contribution >= 0.6 is 11.6 Å². The van der Waals surface area contributed by atoms with Gasteiger partial charge in [-0.15, -0.1) is 0 Å². The summed E-state index contributed by atoms with van der Waals surface area (Å²) >= 11 is 6.13. The van der Waals surface area contributed by atoms with E-state index < -0.39 is 5.63 Å². The minimum atomic E-state index is -0.414. The van der Waals surface area contributed by atoms with Crippen molar-refractivity contribution < 1.29 is 4.42 Å². The Morgan fingerprint density at radius 1 is 1.04 bits per heavy atom. The Morgan fingerprint density at radius 2 is 1.91 bits per heavy atom. The molecule has 0 spiro atoms. The lowest BCUT2D eigenvalue weighted by atomic mass is 10.2. The van der Waals surface area contributed by atoms with Crippen LogP contribution in [-0.2, 0) is 0 Å². The smallest absolute Gasteiger partial charge is 0.360 e. The predicted molar refractivity (Wildman–Crippen MR) is 92.5 cm³/mol. The first-order valence-electron chi connectivity index (χ1n) is 7.05. The van der Waals surface area contributed by atoms with Crippen LogP contribution in [0.2, 0.25) is 5.02 Å². The zero-order valence-corrected chi connectivity index (χ0v) is 12.7. The SMILES string of the molecule is O=c1oc2ccccc2cc1Nc1ccc2c(Cl)ccnc2c1. The Morgan fingerprint density at radius 3 is 2.83 bits per heavy atom. The van der Waals surface area contributed by atoms with Gasteiger partial charge in [0.15, 0.2) is 0 Å². The van der Waals surface area contributed by atoms with Crippen LogP contribution in [0.25, 0.3) is 21.9 Å². The van der Waals surface area contributed by atoms with Crippen molar-refractivity contribution in [3.8, 4) is 0 Å². The first-order chi connectivity index (χ1) is 11.2. The molecule has 2 heterocycles. The van der Waals surface area contributed by atoms with E-state index in [1.54, 1.807) is 24.4 Å². The van der Waals surface area contributed by atoms with Crippen LogP contribution in [0.15, 0.2) is 70.0 Å². The number of halogens is 1. The fourth-order valence-electron chi connectivity index (χ4n) is 2.50. The highest BCUT2D eigenvalue weighted by molar-refractivity contribution is 6.35. The van der Waals surface area contributed by atoms with Crippen molar-refractivity contribution in [3.63, 3.8) is 0 Å². The molecule has 0 aliphatic heterocycles. The van der Waals surface area contributed by atoms with Gasteiger partial charge < -0.3 is 9.73 Å². The number of aromatic nitrogens is 1. The molecule has 0 aliphatic rings. The molecule has 4 nitrogen and oxygen atoms in total. The molecule has 5 heteroatoms. The van der Waals surface area contributed by atoms with Gasteiger partial charge in [0, 0.05) is 22.7 Å². The van der Waals surface area contributed by atoms with E-state index >= 15 is 0 Å². The van der Waals surface area contributed by atoms with Crippen molar-refractivity contribution in [1.29, 1.82) is 0 Å². The van der Waals surface area contributed by atoms with Gasteiger partial charge in [0.05, 0.1) is 10.5 Å². The van der Waals surface area contributed by atoms with Crippen LogP contribution in [0.5, 0.6) is 0 Å². The van der Waals surface area contributed by atoms with Crippen LogP contribution in [0, 0.1) is 0 Å². The number of rotatable bonds is 2. The summed E-state index contributed by atoms with van der Waals surface area (Å²) in [5.74, 6) is 0. The number of benzene rings is 2. The van der Waals surface area contributed by atoms with Gasteiger partial charge in [-0.05, 0) is 36.4 Å². The minimum Gasteiger partial charge on any atom is -0.421 e. The Labute approximate surface area is 136 Å². The summed E-state index contributed by atoms with van der Waals surface area (Å²) in [6.07, 6.45) is 1.65. The summed E-state index contributed by atoms with van der Waals surface area (Å²) in [7, 11) is 0. The molecule has 0 atom stereocenters. The van der Waals surface area contributed by atoms with Crippen molar-refractivity contribution in [2.45, 2.75) is 0 Å². The van der Waals surface area contributed by atoms with Gasteiger partial charge in [-0.2, -0.15) is 0 Å². The van der Waals surface area contributed by atoms with Crippen LogP contribution in [-0.4, -0.2) is 4.98 Å². The summed E-state index contributed by atoms with van der Waals surface area (Å²) < 4.78 is 5.32. The highest BCUT2D eigenvalue weighted by Crippen LogP contribution is 2.26. The standard InChI is InChI=1S/C18H11ClN2O2/c19-14-7-8-20-15-10-12(5-6-13(14)15)21-16-9-11-3-1-2-4-17(11)23-18(16)22/h1-10,21H. The highest BCUT2D eigenvalue weighted by Gasteiger charge is 2.07. The maximum atomic E-state index is 12.1. The van der Waals surface area contributed by atoms with Crippen molar-refractivity contribution >= 4 is 44.8 Å². The molecule has 2 aromatic heterocycles. The summed E-state index contributed by atoms with van der Waals surface area (Å²) in [5, 5.41) is 5.46. The van der Waals surface area contributed by atoms with Crippen molar-refractivity contribution in [3.05, 3.63) is 76.2 Å². The molecule has 0 saturated heterocycles. The van der Waals surface area contributed by atoms with Crippen LogP contribution in [0.3, 0.4) is 0 Å². The Balaban J connectivity index is 1.78. The average molecular weight is 323 g/mol. The first kappa shape index (κ1) is 13.8. The van der Waals surface area contributed by atoms with E-state index in [-0.39, 0.29) is 0 Å². The van der Waals surface area contributed by atoms with E-state index in [0.717, 1.165) is 22.0 Å². The lowest BCUT2D eigenvalue weighted by Gasteiger charge is -2.07. The molecule has 0 amide bonds. The molecule has 0 radical (unpaired) electrons. The normalized spacial score (nSPS) is 11.0. The van der Waals surface area contributed by atoms with Crippen LogP contribution in [0.4, 0.5) is 11.4 Å². The van der Waals surface area contributed by atoms with E-state index in [2.05, 4.69) is 10.3 Å². The third kappa shape index (κ3) is 2.53. The Kier molecular flexibility index (Phi) is 3.24. The molecule has 4 aromatic rings. The van der Waals surface area contributed by atoms with E-state index in [9.17, 15) is 4.79 Å². The molecule has 112 valence electrons. The van der Waals surface area contributed by atoms with Gasteiger partial charge in [0.1, 0.15) is 11.3 Å². The summed E-state index contributed by atoms with van der Waals surface area (Å²) in [5.41, 5.74) is 2.03. The second-order valence-corrected chi connectivity index (χ2v) is 5.54. The molecule has 23 heavy (non-hydrogen) atoms. The number of hydrogen-bond acceptors (Lipinski definition) is 4. The van der Waals surface area contributed by atoms with Crippen molar-refractivity contribution in [2.24, 2.45) is 0 Å². The number of nitrogens with zero attached hydrogens (tertiary/aromatic N) is 1. The second-order valence-electron chi connectivity index (χ2n) is 5.14. The molecule has 1 N–H and O–H groups in total. The number of fused-ring (bicyclic) bond motifs is 2. The second kappa shape index (κ2) is 5.41. The van der Waals surface area contributed by atoms with E-state index in [0.29, 0.717) is 16.3 Å². The molecule has 0 fully saturated rings. The van der Waals surface area contributed by atoms with E-state index in [4.69, 9.17) is 16.0 Å². The molecule has 0 aliphatic carbocycles. The minimum absolute atomic E-state index is 0.380. The quantitative estimate of drug-likeness (QED) is 0.542. The lowest BCUT2D eigenvalue weighted by molar-refractivity contribution is 0.564. The third-order valence-electron chi connectivity index (χ3n) is 3.61. The molecule has 0 unspecified atom stereocenters. The summed E-state index contributed by atoms with van der Waals surface area (Å²) in [6, 6.07) is 16.5. The highest BCUT2D eigenvalue weighted by atomic mass is 35.5. The number of pyridine rings is 1. The van der Waals surface area contributed by atoms with E-state index in [1.165, 1.54) is 0 Å². The van der Waals surface area contributed by atoms with Gasteiger partial charge in [0.2, 0.25) is 0 Å². The van der Waals surface area contributed by atoms with Gasteiger partial charge in [-0.3, -0.25) is 4.98 Å². The molecular weight excluding hydrogens is 312 g/mol. The van der Waals surface area contributed by atoms with Gasteiger partial charge >= 0.3 is 5.63 Å². The average Bonchev–Trinajstić information content (AvgIpc) is 2.56. The topological polar surface area (TPSA) is 55.1 Å². The number of para-hydroxylation sites is 1. The number of nitrogens with one attached hydrogen (secondary N) is 1. The van der Waals surface area contributed by atoms with Gasteiger partial charge in [-0.1, -0.05) is 29.8 Å². The summed E-state index contributed by atoms with van der Waals surface area (Å²) in [4.78, 5) is 16.4. The maximum Gasteiger partial charge on any atom is 0.360 e.